The van der Waals surface area contributed by atoms with E-state index in [4.69, 9.17) is 4.74 Å². The number of aliphatic hydroxyl groups is 1. The van der Waals surface area contributed by atoms with Gasteiger partial charge in [0.2, 0.25) is 0 Å². The number of hydrogen-bond donors (Lipinski definition) is 2. The third-order valence-electron chi connectivity index (χ3n) is 4.45. The van der Waals surface area contributed by atoms with Gasteiger partial charge in [-0.2, -0.15) is 0 Å². The lowest BCUT2D eigenvalue weighted by Crippen LogP contribution is -2.25. The van der Waals surface area contributed by atoms with E-state index in [1.807, 2.05) is 11.8 Å². The Hall–Kier alpha value is -2.18. The van der Waals surface area contributed by atoms with Crippen LogP contribution in [0.1, 0.15) is 30.5 Å². The van der Waals surface area contributed by atoms with Crippen molar-refractivity contribution in [3.63, 3.8) is 0 Å². The standard InChI is InChI=1S/C19H21F2NO3/c1-2-25-18-5-3-4-12(19(18)24)10-22-11-14(23)9-17(22)15-8-13(20)6-7-16(15)21/h3-8,14,17,23-24H,2,9-11H2,1H3. The number of likely N-dealkylation sites (tertiary alicyclic amines) is 1. The summed E-state index contributed by atoms with van der Waals surface area (Å²) in [7, 11) is 0. The number of benzene rings is 2. The first-order chi connectivity index (χ1) is 12.0. The van der Waals surface area contributed by atoms with Crippen LogP contribution in [0.2, 0.25) is 0 Å². The van der Waals surface area contributed by atoms with Crippen LogP contribution in [-0.4, -0.2) is 34.4 Å². The molecule has 2 unspecified atom stereocenters. The van der Waals surface area contributed by atoms with Crippen molar-refractivity contribution in [1.29, 1.82) is 0 Å². The van der Waals surface area contributed by atoms with Crippen molar-refractivity contribution in [3.05, 3.63) is 59.2 Å². The molecule has 0 amide bonds. The van der Waals surface area contributed by atoms with Gasteiger partial charge in [-0.25, -0.2) is 8.78 Å². The monoisotopic (exact) mass is 349 g/mol. The maximum Gasteiger partial charge on any atom is 0.162 e. The van der Waals surface area contributed by atoms with Crippen LogP contribution < -0.4 is 4.74 Å². The number of ether oxygens (including phenoxy) is 1. The summed E-state index contributed by atoms with van der Waals surface area (Å²) in [6.07, 6.45) is -0.323. The van der Waals surface area contributed by atoms with Crippen molar-refractivity contribution in [2.75, 3.05) is 13.2 Å². The molecule has 25 heavy (non-hydrogen) atoms. The number of β-amino-alcohol motifs (C(OH)–C–C–N with tert-alkyl or cyclic N) is 1. The van der Waals surface area contributed by atoms with Crippen molar-refractivity contribution in [2.45, 2.75) is 32.0 Å². The number of rotatable bonds is 5. The second kappa shape index (κ2) is 7.37. The Bertz CT molecular complexity index is 753. The molecule has 2 aromatic carbocycles. The predicted octanol–water partition coefficient (Wildman–Crippen LogP) is 3.38. The molecule has 1 saturated heterocycles. The molecule has 1 heterocycles. The molecule has 2 atom stereocenters. The molecule has 0 bridgehead atoms. The summed E-state index contributed by atoms with van der Waals surface area (Å²) < 4.78 is 33.1. The lowest BCUT2D eigenvalue weighted by molar-refractivity contribution is 0.171. The zero-order valence-corrected chi connectivity index (χ0v) is 14.0. The fraction of sp³-hybridized carbons (Fsp3) is 0.368. The van der Waals surface area contributed by atoms with Crippen LogP contribution in [0.3, 0.4) is 0 Å². The van der Waals surface area contributed by atoms with Gasteiger partial charge >= 0.3 is 0 Å². The lowest BCUT2D eigenvalue weighted by Gasteiger charge is -2.25. The molecule has 0 aromatic heterocycles. The topological polar surface area (TPSA) is 52.9 Å². The smallest absolute Gasteiger partial charge is 0.162 e. The quantitative estimate of drug-likeness (QED) is 0.869. The van der Waals surface area contributed by atoms with Crippen LogP contribution in [0, 0.1) is 11.6 Å². The van der Waals surface area contributed by atoms with Gasteiger partial charge in [0.15, 0.2) is 11.5 Å². The van der Waals surface area contributed by atoms with E-state index in [-0.39, 0.29) is 11.3 Å². The molecule has 1 aliphatic heterocycles. The molecule has 0 saturated carbocycles. The summed E-state index contributed by atoms with van der Waals surface area (Å²) in [5.41, 5.74) is 0.832. The van der Waals surface area contributed by atoms with Gasteiger partial charge in [0, 0.05) is 30.3 Å². The summed E-state index contributed by atoms with van der Waals surface area (Å²) in [4.78, 5) is 1.84. The highest BCUT2D eigenvalue weighted by Gasteiger charge is 2.34. The Morgan fingerprint density at radius 3 is 2.80 bits per heavy atom. The molecule has 3 rings (SSSR count). The summed E-state index contributed by atoms with van der Waals surface area (Å²) in [6.45, 7) is 2.87. The Labute approximate surface area is 145 Å². The van der Waals surface area contributed by atoms with Gasteiger partial charge in [-0.1, -0.05) is 12.1 Å². The number of phenols is 1. The number of aromatic hydroxyl groups is 1. The molecule has 2 N–H and O–H groups in total. The molecule has 2 aromatic rings. The van der Waals surface area contributed by atoms with Crippen LogP contribution >= 0.6 is 0 Å². The van der Waals surface area contributed by atoms with Gasteiger partial charge in [0.25, 0.3) is 0 Å². The van der Waals surface area contributed by atoms with E-state index in [9.17, 15) is 19.0 Å². The summed E-state index contributed by atoms with van der Waals surface area (Å²) in [5, 5.41) is 20.4. The zero-order chi connectivity index (χ0) is 18.0. The number of phenolic OH excluding ortho intramolecular Hbond substituents is 1. The summed E-state index contributed by atoms with van der Waals surface area (Å²) >= 11 is 0. The van der Waals surface area contributed by atoms with E-state index in [1.54, 1.807) is 18.2 Å². The van der Waals surface area contributed by atoms with E-state index in [2.05, 4.69) is 0 Å². The summed E-state index contributed by atoms with van der Waals surface area (Å²) in [5.74, 6) is -0.603. The number of para-hydroxylation sites is 1. The molecule has 1 aliphatic rings. The first kappa shape index (κ1) is 17.6. The molecule has 4 nitrogen and oxygen atoms in total. The third kappa shape index (κ3) is 3.75. The number of halogens is 2. The van der Waals surface area contributed by atoms with E-state index >= 15 is 0 Å². The highest BCUT2D eigenvalue weighted by Crippen LogP contribution is 2.38. The maximum absolute atomic E-state index is 14.2. The van der Waals surface area contributed by atoms with E-state index in [0.717, 1.165) is 12.1 Å². The number of nitrogens with zero attached hydrogens (tertiary/aromatic N) is 1. The zero-order valence-electron chi connectivity index (χ0n) is 14.0. The minimum atomic E-state index is -0.634. The molecule has 0 aliphatic carbocycles. The average Bonchev–Trinajstić information content (AvgIpc) is 2.94. The highest BCUT2D eigenvalue weighted by atomic mass is 19.1. The maximum atomic E-state index is 14.2. The minimum Gasteiger partial charge on any atom is -0.504 e. The number of aliphatic hydroxyl groups excluding tert-OH is 1. The van der Waals surface area contributed by atoms with E-state index in [0.29, 0.717) is 37.4 Å². The van der Waals surface area contributed by atoms with Crippen LogP contribution in [0.15, 0.2) is 36.4 Å². The molecule has 0 spiro atoms. The van der Waals surface area contributed by atoms with Crippen molar-refractivity contribution < 1.29 is 23.7 Å². The molecular weight excluding hydrogens is 328 g/mol. The Balaban J connectivity index is 1.88. The van der Waals surface area contributed by atoms with E-state index in [1.165, 1.54) is 6.07 Å². The molecule has 1 fully saturated rings. The van der Waals surface area contributed by atoms with Crippen LogP contribution in [0.5, 0.6) is 11.5 Å². The average molecular weight is 349 g/mol. The van der Waals surface area contributed by atoms with Crippen molar-refractivity contribution in [2.24, 2.45) is 0 Å². The molecule has 0 radical (unpaired) electrons. The van der Waals surface area contributed by atoms with Gasteiger partial charge in [-0.15, -0.1) is 0 Å². The number of hydrogen-bond acceptors (Lipinski definition) is 4. The second-order valence-electron chi connectivity index (χ2n) is 6.20. The van der Waals surface area contributed by atoms with Crippen molar-refractivity contribution in [3.8, 4) is 11.5 Å². The van der Waals surface area contributed by atoms with Crippen LogP contribution in [-0.2, 0) is 6.54 Å². The van der Waals surface area contributed by atoms with Crippen molar-refractivity contribution >= 4 is 0 Å². The summed E-state index contributed by atoms with van der Waals surface area (Å²) in [6, 6.07) is 8.08. The lowest BCUT2D eigenvalue weighted by atomic mass is 10.0. The van der Waals surface area contributed by atoms with Gasteiger partial charge in [0.1, 0.15) is 11.6 Å². The van der Waals surface area contributed by atoms with Gasteiger partial charge in [-0.05, 0) is 37.6 Å². The Morgan fingerprint density at radius 2 is 2.04 bits per heavy atom. The highest BCUT2D eigenvalue weighted by molar-refractivity contribution is 5.45. The Kier molecular flexibility index (Phi) is 5.20. The minimum absolute atomic E-state index is 0.0317. The van der Waals surface area contributed by atoms with Gasteiger partial charge < -0.3 is 14.9 Å². The van der Waals surface area contributed by atoms with Gasteiger partial charge in [-0.3, -0.25) is 4.90 Å². The second-order valence-corrected chi connectivity index (χ2v) is 6.20. The third-order valence-corrected chi connectivity index (χ3v) is 4.45. The largest absolute Gasteiger partial charge is 0.504 e. The SMILES string of the molecule is CCOc1cccc(CN2CC(O)CC2c2cc(F)ccc2F)c1O. The first-order valence-corrected chi connectivity index (χ1v) is 8.30. The first-order valence-electron chi connectivity index (χ1n) is 8.30. The fourth-order valence-corrected chi connectivity index (χ4v) is 3.33. The Morgan fingerprint density at radius 1 is 1.24 bits per heavy atom. The molecule has 134 valence electrons. The molecule has 6 heteroatoms. The van der Waals surface area contributed by atoms with Crippen molar-refractivity contribution in [1.82, 2.24) is 4.90 Å². The van der Waals surface area contributed by atoms with Gasteiger partial charge in [0.05, 0.1) is 12.7 Å². The van der Waals surface area contributed by atoms with E-state index < -0.39 is 23.8 Å². The predicted molar refractivity (Wildman–Crippen MR) is 89.4 cm³/mol. The van der Waals surface area contributed by atoms with Crippen LogP contribution in [0.25, 0.3) is 0 Å². The van der Waals surface area contributed by atoms with Crippen LogP contribution in [0.4, 0.5) is 8.78 Å². The normalized spacial score (nSPS) is 20.8. The fourth-order valence-electron chi connectivity index (χ4n) is 3.33. The molecular formula is C19H21F2NO3.